The van der Waals surface area contributed by atoms with Gasteiger partial charge in [-0.25, -0.2) is 8.42 Å². The van der Waals surface area contributed by atoms with Gasteiger partial charge < -0.3 is 5.73 Å². The Morgan fingerprint density at radius 1 is 1.10 bits per heavy atom. The first-order chi connectivity index (χ1) is 10.0. The Kier molecular flexibility index (Phi) is 5.60. The van der Waals surface area contributed by atoms with Crippen LogP contribution in [-0.2, 0) is 16.4 Å². The second-order valence-electron chi connectivity index (χ2n) is 4.65. The normalized spacial score (nSPS) is 11.3. The van der Waals surface area contributed by atoms with Crippen molar-refractivity contribution in [2.24, 2.45) is 5.73 Å². The molecular formula is C15H17IN2O2S. The standard InChI is InChI=1S/C15H17IN2O2S/c16-13-4-1-5-14(11-13)18-21(19,20)15-8-6-12(7-9-15)3-2-10-17/h1,4-9,11,18H,2-3,10,17H2. The summed E-state index contributed by atoms with van der Waals surface area (Å²) in [5.74, 6) is 0. The summed E-state index contributed by atoms with van der Waals surface area (Å²) in [6.07, 6.45) is 1.76. The number of hydrogen-bond donors (Lipinski definition) is 2. The van der Waals surface area contributed by atoms with E-state index in [-0.39, 0.29) is 4.90 Å². The summed E-state index contributed by atoms with van der Waals surface area (Å²) in [6.45, 7) is 0.633. The molecule has 0 aromatic heterocycles. The molecule has 0 unspecified atom stereocenters. The molecule has 0 atom stereocenters. The number of sulfonamides is 1. The smallest absolute Gasteiger partial charge is 0.261 e. The second-order valence-corrected chi connectivity index (χ2v) is 7.58. The van der Waals surface area contributed by atoms with Gasteiger partial charge in [-0.2, -0.15) is 0 Å². The molecule has 112 valence electrons. The van der Waals surface area contributed by atoms with Crippen LogP contribution in [0.25, 0.3) is 0 Å². The molecular weight excluding hydrogens is 399 g/mol. The lowest BCUT2D eigenvalue weighted by Gasteiger charge is -2.09. The molecule has 0 aliphatic carbocycles. The van der Waals surface area contributed by atoms with Crippen molar-refractivity contribution in [1.82, 2.24) is 0 Å². The van der Waals surface area contributed by atoms with E-state index in [9.17, 15) is 8.42 Å². The molecule has 0 heterocycles. The zero-order chi connectivity index (χ0) is 15.3. The van der Waals surface area contributed by atoms with Crippen molar-refractivity contribution in [3.8, 4) is 0 Å². The zero-order valence-electron chi connectivity index (χ0n) is 11.4. The maximum Gasteiger partial charge on any atom is 0.261 e. The third kappa shape index (κ3) is 4.69. The monoisotopic (exact) mass is 416 g/mol. The predicted octanol–water partition coefficient (Wildman–Crippen LogP) is 2.98. The van der Waals surface area contributed by atoms with Gasteiger partial charge in [-0.1, -0.05) is 18.2 Å². The fraction of sp³-hybridized carbons (Fsp3) is 0.200. The van der Waals surface area contributed by atoms with Crippen LogP contribution in [0.4, 0.5) is 5.69 Å². The molecule has 4 nitrogen and oxygen atoms in total. The minimum atomic E-state index is -3.55. The van der Waals surface area contributed by atoms with E-state index >= 15 is 0 Å². The fourth-order valence-corrected chi connectivity index (χ4v) is 3.50. The summed E-state index contributed by atoms with van der Waals surface area (Å²) >= 11 is 2.14. The number of nitrogens with one attached hydrogen (secondary N) is 1. The van der Waals surface area contributed by atoms with Crippen molar-refractivity contribution in [3.05, 3.63) is 57.7 Å². The van der Waals surface area contributed by atoms with E-state index in [1.807, 2.05) is 24.3 Å². The minimum Gasteiger partial charge on any atom is -0.330 e. The van der Waals surface area contributed by atoms with Crippen molar-refractivity contribution in [3.63, 3.8) is 0 Å². The molecule has 2 aromatic carbocycles. The first-order valence-electron chi connectivity index (χ1n) is 6.59. The summed E-state index contributed by atoms with van der Waals surface area (Å²) in [5.41, 5.74) is 7.12. The van der Waals surface area contributed by atoms with Gasteiger partial charge in [-0.15, -0.1) is 0 Å². The lowest BCUT2D eigenvalue weighted by Crippen LogP contribution is -2.13. The molecule has 3 N–H and O–H groups in total. The van der Waals surface area contributed by atoms with Crippen molar-refractivity contribution in [2.75, 3.05) is 11.3 Å². The van der Waals surface area contributed by atoms with Gasteiger partial charge in [-0.3, -0.25) is 4.72 Å². The van der Waals surface area contributed by atoms with E-state index in [0.29, 0.717) is 12.2 Å². The zero-order valence-corrected chi connectivity index (χ0v) is 14.4. The van der Waals surface area contributed by atoms with Gasteiger partial charge in [0, 0.05) is 9.26 Å². The van der Waals surface area contributed by atoms with Crippen LogP contribution in [0.3, 0.4) is 0 Å². The molecule has 0 saturated carbocycles. The minimum absolute atomic E-state index is 0.262. The Morgan fingerprint density at radius 2 is 1.81 bits per heavy atom. The Labute approximate surface area is 138 Å². The molecule has 2 rings (SSSR count). The maximum absolute atomic E-state index is 12.3. The Hall–Kier alpha value is -1.12. The summed E-state index contributed by atoms with van der Waals surface area (Å²) in [7, 11) is -3.55. The largest absolute Gasteiger partial charge is 0.330 e. The lowest BCUT2D eigenvalue weighted by atomic mass is 10.1. The van der Waals surface area contributed by atoms with Crippen LogP contribution in [0.1, 0.15) is 12.0 Å². The summed E-state index contributed by atoms with van der Waals surface area (Å²) in [6, 6.07) is 14.2. The van der Waals surface area contributed by atoms with Gasteiger partial charge in [0.15, 0.2) is 0 Å². The first-order valence-corrected chi connectivity index (χ1v) is 9.15. The molecule has 6 heteroatoms. The predicted molar refractivity (Wildman–Crippen MR) is 93.8 cm³/mol. The molecule has 0 fully saturated rings. The van der Waals surface area contributed by atoms with Gasteiger partial charge in [0.25, 0.3) is 10.0 Å². The van der Waals surface area contributed by atoms with Crippen LogP contribution in [-0.4, -0.2) is 15.0 Å². The van der Waals surface area contributed by atoms with Crippen LogP contribution in [0.5, 0.6) is 0 Å². The highest BCUT2D eigenvalue weighted by Crippen LogP contribution is 2.18. The number of nitrogens with two attached hydrogens (primary N) is 1. The molecule has 0 bridgehead atoms. The number of rotatable bonds is 6. The average Bonchev–Trinajstić information content (AvgIpc) is 2.45. The van der Waals surface area contributed by atoms with Crippen LogP contribution < -0.4 is 10.5 Å². The molecule has 0 aliphatic rings. The van der Waals surface area contributed by atoms with Gasteiger partial charge in [0.2, 0.25) is 0 Å². The quantitative estimate of drug-likeness (QED) is 0.712. The Bertz CT molecular complexity index is 700. The highest BCUT2D eigenvalue weighted by molar-refractivity contribution is 14.1. The summed E-state index contributed by atoms with van der Waals surface area (Å²) in [4.78, 5) is 0.262. The van der Waals surface area contributed by atoms with Crippen LogP contribution in [0, 0.1) is 3.57 Å². The summed E-state index contributed by atoms with van der Waals surface area (Å²) < 4.78 is 28.2. The van der Waals surface area contributed by atoms with Crippen molar-refractivity contribution < 1.29 is 8.42 Å². The van der Waals surface area contributed by atoms with Crippen LogP contribution in [0.15, 0.2) is 53.4 Å². The Balaban J connectivity index is 2.15. The van der Waals surface area contributed by atoms with E-state index in [1.54, 1.807) is 24.3 Å². The van der Waals surface area contributed by atoms with Gasteiger partial charge in [0.05, 0.1) is 4.90 Å². The topological polar surface area (TPSA) is 72.2 Å². The lowest BCUT2D eigenvalue weighted by molar-refractivity contribution is 0.601. The highest BCUT2D eigenvalue weighted by Gasteiger charge is 2.13. The van der Waals surface area contributed by atoms with E-state index in [0.717, 1.165) is 22.0 Å². The Morgan fingerprint density at radius 3 is 2.43 bits per heavy atom. The molecule has 0 spiro atoms. The third-order valence-electron chi connectivity index (χ3n) is 2.98. The van der Waals surface area contributed by atoms with E-state index in [2.05, 4.69) is 27.3 Å². The molecule has 0 aliphatic heterocycles. The van der Waals surface area contributed by atoms with E-state index in [1.165, 1.54) is 0 Å². The average molecular weight is 416 g/mol. The van der Waals surface area contributed by atoms with Crippen LogP contribution >= 0.6 is 22.6 Å². The number of aryl methyl sites for hydroxylation is 1. The van der Waals surface area contributed by atoms with Gasteiger partial charge >= 0.3 is 0 Å². The molecule has 0 amide bonds. The number of hydrogen-bond acceptors (Lipinski definition) is 3. The van der Waals surface area contributed by atoms with Gasteiger partial charge in [-0.05, 0) is 77.9 Å². The first kappa shape index (κ1) is 16.3. The molecule has 21 heavy (non-hydrogen) atoms. The highest BCUT2D eigenvalue weighted by atomic mass is 127. The number of benzene rings is 2. The van der Waals surface area contributed by atoms with Gasteiger partial charge in [0.1, 0.15) is 0 Å². The summed E-state index contributed by atoms with van der Waals surface area (Å²) in [5, 5.41) is 0. The fourth-order valence-electron chi connectivity index (χ4n) is 1.91. The molecule has 2 aromatic rings. The number of halogens is 1. The van der Waals surface area contributed by atoms with E-state index < -0.39 is 10.0 Å². The third-order valence-corrected chi connectivity index (χ3v) is 5.05. The van der Waals surface area contributed by atoms with Crippen molar-refractivity contribution in [1.29, 1.82) is 0 Å². The maximum atomic E-state index is 12.3. The number of anilines is 1. The van der Waals surface area contributed by atoms with Crippen molar-refractivity contribution in [2.45, 2.75) is 17.7 Å². The second kappa shape index (κ2) is 7.24. The molecule has 0 saturated heterocycles. The molecule has 0 radical (unpaired) electrons. The SMILES string of the molecule is NCCCc1ccc(S(=O)(=O)Nc2cccc(I)c2)cc1. The van der Waals surface area contributed by atoms with E-state index in [4.69, 9.17) is 5.73 Å². The van der Waals surface area contributed by atoms with Crippen molar-refractivity contribution >= 4 is 38.3 Å². The van der Waals surface area contributed by atoms with Crippen LogP contribution in [0.2, 0.25) is 0 Å².